The van der Waals surface area contributed by atoms with E-state index >= 15 is 0 Å². The van der Waals surface area contributed by atoms with Gasteiger partial charge >= 0.3 is 0 Å². The summed E-state index contributed by atoms with van der Waals surface area (Å²) in [7, 11) is 0. The maximum Gasteiger partial charge on any atom is 0.220 e. The monoisotopic (exact) mass is 433 g/mol. The number of hydrazine groups is 1. The van der Waals surface area contributed by atoms with Crippen LogP contribution in [0.2, 0.25) is 0 Å². The molecule has 1 fully saturated rings. The van der Waals surface area contributed by atoms with Gasteiger partial charge in [0.2, 0.25) is 5.91 Å². The first-order chi connectivity index (χ1) is 15.7. The molecule has 0 saturated carbocycles. The van der Waals surface area contributed by atoms with E-state index in [4.69, 9.17) is 14.8 Å². The van der Waals surface area contributed by atoms with E-state index in [1.54, 1.807) is 0 Å². The van der Waals surface area contributed by atoms with Crippen LogP contribution in [0.15, 0.2) is 54.7 Å². The topological polar surface area (TPSA) is 87.0 Å². The minimum absolute atomic E-state index is 0.00228. The van der Waals surface area contributed by atoms with Gasteiger partial charge < -0.3 is 15.0 Å². The molecule has 0 aliphatic carbocycles. The quantitative estimate of drug-likeness (QED) is 0.616. The zero-order chi connectivity index (χ0) is 21.9. The van der Waals surface area contributed by atoms with Crippen molar-refractivity contribution in [3.63, 3.8) is 0 Å². The van der Waals surface area contributed by atoms with Crippen molar-refractivity contribution in [3.05, 3.63) is 66.0 Å². The van der Waals surface area contributed by atoms with E-state index < -0.39 is 0 Å². The molecule has 2 N–H and O–H groups in total. The van der Waals surface area contributed by atoms with E-state index in [9.17, 15) is 4.79 Å². The summed E-state index contributed by atoms with van der Waals surface area (Å²) in [5.41, 5.74) is 6.21. The number of carbonyl (C=O) groups excluding carboxylic acids is 1. The summed E-state index contributed by atoms with van der Waals surface area (Å²) in [6, 6.07) is 14.4. The molecule has 4 heterocycles. The van der Waals surface area contributed by atoms with Gasteiger partial charge in [0.25, 0.3) is 0 Å². The maximum atomic E-state index is 11.7. The number of benzene rings is 1. The molecular weight excluding hydrogens is 406 g/mol. The Morgan fingerprint density at radius 1 is 1.22 bits per heavy atom. The summed E-state index contributed by atoms with van der Waals surface area (Å²) in [5.74, 6) is 1.75. The van der Waals surface area contributed by atoms with E-state index in [1.807, 2.05) is 53.0 Å². The number of amides is 1. The van der Waals surface area contributed by atoms with Gasteiger partial charge in [-0.1, -0.05) is 37.3 Å². The Bertz CT molecular complexity index is 1120. The number of fused-ring (bicyclic) bond motifs is 1. The summed E-state index contributed by atoms with van der Waals surface area (Å²) in [6.45, 7) is 5.15. The lowest BCUT2D eigenvalue weighted by molar-refractivity contribution is -0.120. The molecule has 2 aliphatic heterocycles. The van der Waals surface area contributed by atoms with Gasteiger partial charge in [-0.25, -0.2) is 10.4 Å². The van der Waals surface area contributed by atoms with Crippen LogP contribution in [0, 0.1) is 0 Å². The molecule has 1 aromatic carbocycles. The number of aromatic nitrogens is 3. The number of morpholine rings is 1. The van der Waals surface area contributed by atoms with Gasteiger partial charge in [-0.15, -0.1) is 0 Å². The van der Waals surface area contributed by atoms with Gasteiger partial charge in [0.15, 0.2) is 11.5 Å². The number of hydrogen-bond acceptors (Lipinski definition) is 7. The summed E-state index contributed by atoms with van der Waals surface area (Å²) < 4.78 is 7.40. The van der Waals surface area contributed by atoms with Crippen LogP contribution in [0.25, 0.3) is 5.65 Å². The molecule has 32 heavy (non-hydrogen) atoms. The fourth-order valence-electron chi connectivity index (χ4n) is 3.93. The van der Waals surface area contributed by atoms with Gasteiger partial charge in [-0.05, 0) is 11.6 Å². The van der Waals surface area contributed by atoms with Crippen molar-refractivity contribution >= 4 is 23.2 Å². The van der Waals surface area contributed by atoms with Crippen LogP contribution in [0.3, 0.4) is 0 Å². The number of nitrogens with one attached hydrogen (secondary N) is 2. The largest absolute Gasteiger partial charge is 0.378 e. The standard InChI is InChI=1S/C23H27N7O2/c1-2-22(31)24-16-18-14-21-25-20(15-23(30(21)26-18)28-10-12-32-13-11-28)29-9-8-19(27-29)17-6-4-3-5-7-17/h3-9,14-15,19,27H,2,10-13,16H2,1H3,(H,24,31). The van der Waals surface area contributed by atoms with Gasteiger partial charge in [0.05, 0.1) is 31.5 Å². The first kappa shape index (κ1) is 20.5. The number of hydrogen-bond donors (Lipinski definition) is 2. The Balaban J connectivity index is 1.46. The third-order valence-corrected chi connectivity index (χ3v) is 5.68. The Morgan fingerprint density at radius 2 is 2.03 bits per heavy atom. The number of nitrogens with zero attached hydrogens (tertiary/aromatic N) is 5. The zero-order valence-corrected chi connectivity index (χ0v) is 18.1. The molecule has 9 nitrogen and oxygen atoms in total. The highest BCUT2D eigenvalue weighted by molar-refractivity contribution is 5.75. The number of carbonyl (C=O) groups is 1. The van der Waals surface area contributed by atoms with Crippen molar-refractivity contribution in [3.8, 4) is 0 Å². The second-order valence-corrected chi connectivity index (χ2v) is 7.84. The molecule has 0 spiro atoms. The lowest BCUT2D eigenvalue weighted by Gasteiger charge is -2.29. The van der Waals surface area contributed by atoms with Gasteiger partial charge in [0, 0.05) is 37.8 Å². The Morgan fingerprint density at radius 3 is 2.81 bits per heavy atom. The number of anilines is 2. The van der Waals surface area contributed by atoms with Crippen LogP contribution in [0.1, 0.15) is 30.6 Å². The SMILES string of the molecule is CCC(=O)NCc1cc2nc(N3C=CC(c4ccccc4)N3)cc(N3CCOCC3)n2n1. The Hall–Kier alpha value is -3.43. The second-order valence-electron chi connectivity index (χ2n) is 7.84. The van der Waals surface area contributed by atoms with E-state index in [1.165, 1.54) is 5.56 Å². The molecule has 5 rings (SSSR count). The summed E-state index contributed by atoms with van der Waals surface area (Å²) in [5, 5.41) is 9.57. The molecule has 1 saturated heterocycles. The minimum Gasteiger partial charge on any atom is -0.378 e. The van der Waals surface area contributed by atoms with Crippen LogP contribution in [-0.4, -0.2) is 46.8 Å². The third kappa shape index (κ3) is 4.17. The molecule has 2 aliphatic rings. The zero-order valence-electron chi connectivity index (χ0n) is 18.1. The minimum atomic E-state index is 0.00228. The maximum absolute atomic E-state index is 11.7. The lowest BCUT2D eigenvalue weighted by Crippen LogP contribution is -2.38. The van der Waals surface area contributed by atoms with Crippen LogP contribution in [0.4, 0.5) is 11.6 Å². The average molecular weight is 434 g/mol. The van der Waals surface area contributed by atoms with Crippen LogP contribution in [-0.2, 0) is 16.1 Å². The predicted octanol–water partition coefficient (Wildman–Crippen LogP) is 2.17. The second kappa shape index (κ2) is 8.97. The van der Waals surface area contributed by atoms with Crippen LogP contribution < -0.4 is 20.7 Å². The molecule has 9 heteroatoms. The van der Waals surface area contributed by atoms with Gasteiger partial charge in [-0.3, -0.25) is 9.80 Å². The molecule has 1 unspecified atom stereocenters. The predicted molar refractivity (Wildman–Crippen MR) is 122 cm³/mol. The van der Waals surface area contributed by atoms with E-state index in [0.717, 1.165) is 36.1 Å². The molecular formula is C23H27N7O2. The first-order valence-electron chi connectivity index (χ1n) is 11.0. The average Bonchev–Trinajstić information content (AvgIpc) is 3.50. The van der Waals surface area contributed by atoms with Crippen molar-refractivity contribution < 1.29 is 9.53 Å². The van der Waals surface area contributed by atoms with Crippen molar-refractivity contribution in [2.45, 2.75) is 25.9 Å². The first-order valence-corrected chi connectivity index (χ1v) is 11.0. The van der Waals surface area contributed by atoms with Crippen LogP contribution in [0.5, 0.6) is 0 Å². The molecule has 0 radical (unpaired) electrons. The van der Waals surface area contributed by atoms with Crippen molar-refractivity contribution in [2.75, 3.05) is 36.2 Å². The van der Waals surface area contributed by atoms with Gasteiger partial charge in [0.1, 0.15) is 5.82 Å². The highest BCUT2D eigenvalue weighted by atomic mass is 16.5. The summed E-state index contributed by atoms with van der Waals surface area (Å²) in [6.07, 6.45) is 4.58. The summed E-state index contributed by atoms with van der Waals surface area (Å²) >= 11 is 0. The Kier molecular flexibility index (Phi) is 5.74. The van der Waals surface area contributed by atoms with E-state index in [0.29, 0.717) is 26.2 Å². The van der Waals surface area contributed by atoms with E-state index in [-0.39, 0.29) is 11.9 Å². The molecule has 2 aromatic heterocycles. The Labute approximate surface area is 186 Å². The fourth-order valence-corrected chi connectivity index (χ4v) is 3.93. The van der Waals surface area contributed by atoms with E-state index in [2.05, 4.69) is 33.9 Å². The molecule has 1 amide bonds. The molecule has 1 atom stereocenters. The van der Waals surface area contributed by atoms with Crippen molar-refractivity contribution in [1.29, 1.82) is 0 Å². The molecule has 166 valence electrons. The van der Waals surface area contributed by atoms with Crippen molar-refractivity contribution in [2.24, 2.45) is 0 Å². The number of rotatable bonds is 6. The highest BCUT2D eigenvalue weighted by Crippen LogP contribution is 2.27. The normalized spacial score (nSPS) is 18.5. The highest BCUT2D eigenvalue weighted by Gasteiger charge is 2.23. The number of ether oxygens (including phenoxy) is 1. The molecule has 3 aromatic rings. The third-order valence-electron chi connectivity index (χ3n) is 5.68. The van der Waals surface area contributed by atoms with Crippen LogP contribution >= 0.6 is 0 Å². The van der Waals surface area contributed by atoms with Gasteiger partial charge in [-0.2, -0.15) is 9.61 Å². The summed E-state index contributed by atoms with van der Waals surface area (Å²) in [4.78, 5) is 18.8. The smallest absolute Gasteiger partial charge is 0.220 e. The molecule has 0 bridgehead atoms. The fraction of sp³-hybridized carbons (Fsp3) is 0.348. The van der Waals surface area contributed by atoms with Crippen molar-refractivity contribution in [1.82, 2.24) is 25.3 Å². The lowest BCUT2D eigenvalue weighted by atomic mass is 10.1.